The maximum atomic E-state index is 13.7. The molecule has 0 aromatic carbocycles. The van der Waals surface area contributed by atoms with Gasteiger partial charge in [-0.3, -0.25) is 9.88 Å². The summed E-state index contributed by atoms with van der Waals surface area (Å²) in [5, 5.41) is 7.94. The van der Waals surface area contributed by atoms with E-state index >= 15 is 0 Å². The number of carbonyl (C=O) groups excluding carboxylic acids is 1. The molecule has 1 aliphatic carbocycles. The van der Waals surface area contributed by atoms with Crippen molar-refractivity contribution in [2.24, 2.45) is 5.92 Å². The number of nitrogens with zero attached hydrogens (tertiary/aromatic N) is 2. The van der Waals surface area contributed by atoms with Crippen LogP contribution in [0.5, 0.6) is 0 Å². The van der Waals surface area contributed by atoms with Crippen LogP contribution in [-0.2, 0) is 9.16 Å². The molecule has 0 radical (unpaired) electrons. The van der Waals surface area contributed by atoms with E-state index in [1.165, 1.54) is 0 Å². The van der Waals surface area contributed by atoms with Crippen molar-refractivity contribution in [2.45, 2.75) is 116 Å². The minimum atomic E-state index is -2.14. The summed E-state index contributed by atoms with van der Waals surface area (Å²) in [5.74, 6) is 0.371. The first-order valence-electron chi connectivity index (χ1n) is 13.0. The SMILES string of the molecule is CC(C)(C)OC(=O)N1C(CC2C=CC(=N)CC2)CCC1C(O[Si](C)(C)C(C)(C)C)c1cccnc1. The highest BCUT2D eigenvalue weighted by molar-refractivity contribution is 6.74. The summed E-state index contributed by atoms with van der Waals surface area (Å²) in [5.41, 5.74) is 1.13. The number of amides is 1. The Bertz CT molecular complexity index is 918. The summed E-state index contributed by atoms with van der Waals surface area (Å²) < 4.78 is 13.0. The Kier molecular flexibility index (Phi) is 8.32. The molecule has 1 fully saturated rings. The predicted octanol–water partition coefficient (Wildman–Crippen LogP) is 7.29. The Morgan fingerprint density at radius 3 is 2.46 bits per heavy atom. The zero-order valence-corrected chi connectivity index (χ0v) is 23.9. The number of aromatic nitrogens is 1. The Labute approximate surface area is 213 Å². The van der Waals surface area contributed by atoms with Gasteiger partial charge < -0.3 is 14.6 Å². The summed E-state index contributed by atoms with van der Waals surface area (Å²) >= 11 is 0. The van der Waals surface area contributed by atoms with Gasteiger partial charge in [-0.25, -0.2) is 4.79 Å². The van der Waals surface area contributed by atoms with Crippen molar-refractivity contribution in [2.75, 3.05) is 0 Å². The van der Waals surface area contributed by atoms with Crippen molar-refractivity contribution in [3.05, 3.63) is 42.2 Å². The maximum Gasteiger partial charge on any atom is 0.410 e. The zero-order chi connectivity index (χ0) is 26.0. The number of likely N-dealkylation sites (tertiary alicyclic amines) is 1. The number of allylic oxidation sites excluding steroid dienone is 2. The van der Waals surface area contributed by atoms with Gasteiger partial charge in [-0.2, -0.15) is 0 Å². The minimum absolute atomic E-state index is 0.0412. The van der Waals surface area contributed by atoms with E-state index in [0.29, 0.717) is 11.6 Å². The lowest BCUT2D eigenvalue weighted by molar-refractivity contribution is -0.00426. The molecule has 2 aliphatic rings. The molecule has 0 spiro atoms. The molecule has 1 aliphatic heterocycles. The van der Waals surface area contributed by atoms with Crippen molar-refractivity contribution in [3.8, 4) is 0 Å². The second-order valence-corrected chi connectivity index (χ2v) is 17.4. The first-order valence-corrected chi connectivity index (χ1v) is 15.9. The van der Waals surface area contributed by atoms with Crippen LogP contribution in [0.25, 0.3) is 0 Å². The van der Waals surface area contributed by atoms with Crippen LogP contribution in [0.15, 0.2) is 36.7 Å². The van der Waals surface area contributed by atoms with Crippen LogP contribution < -0.4 is 0 Å². The highest BCUT2D eigenvalue weighted by Gasteiger charge is 2.48. The van der Waals surface area contributed by atoms with Crippen LogP contribution in [0.4, 0.5) is 4.79 Å². The highest BCUT2D eigenvalue weighted by atomic mass is 28.4. The van der Waals surface area contributed by atoms with Crippen LogP contribution in [-0.4, -0.2) is 47.7 Å². The molecule has 35 heavy (non-hydrogen) atoms. The minimum Gasteiger partial charge on any atom is -0.444 e. The molecule has 0 saturated carbocycles. The van der Waals surface area contributed by atoms with E-state index in [1.54, 1.807) is 6.20 Å². The lowest BCUT2D eigenvalue weighted by Gasteiger charge is -2.43. The van der Waals surface area contributed by atoms with Gasteiger partial charge in [0.25, 0.3) is 0 Å². The Hall–Kier alpha value is -1.99. The molecule has 4 unspecified atom stereocenters. The molecule has 1 saturated heterocycles. The van der Waals surface area contributed by atoms with Gasteiger partial charge in [0.05, 0.1) is 12.1 Å². The topological polar surface area (TPSA) is 75.5 Å². The van der Waals surface area contributed by atoms with E-state index in [4.69, 9.17) is 14.6 Å². The number of hydrogen-bond donors (Lipinski definition) is 1. The van der Waals surface area contributed by atoms with Gasteiger partial charge in [0.1, 0.15) is 5.60 Å². The molecule has 1 aromatic rings. The van der Waals surface area contributed by atoms with E-state index in [2.05, 4.69) is 51.0 Å². The van der Waals surface area contributed by atoms with Crippen molar-refractivity contribution < 1.29 is 14.0 Å². The summed E-state index contributed by atoms with van der Waals surface area (Å²) in [6, 6.07) is 3.99. The zero-order valence-electron chi connectivity index (χ0n) is 22.9. The van der Waals surface area contributed by atoms with Crippen molar-refractivity contribution >= 4 is 20.1 Å². The van der Waals surface area contributed by atoms with E-state index in [-0.39, 0.29) is 29.3 Å². The lowest BCUT2D eigenvalue weighted by atomic mass is 9.88. The number of ether oxygens (including phenoxy) is 1. The van der Waals surface area contributed by atoms with E-state index < -0.39 is 13.9 Å². The molecule has 6 nitrogen and oxygen atoms in total. The number of pyridine rings is 1. The number of nitrogens with one attached hydrogen (secondary N) is 1. The highest BCUT2D eigenvalue weighted by Crippen LogP contribution is 2.45. The van der Waals surface area contributed by atoms with E-state index in [1.807, 2.05) is 44.0 Å². The smallest absolute Gasteiger partial charge is 0.410 e. The van der Waals surface area contributed by atoms with Gasteiger partial charge in [-0.15, -0.1) is 0 Å². The first-order chi connectivity index (χ1) is 16.2. The largest absolute Gasteiger partial charge is 0.444 e. The molecule has 4 atom stereocenters. The van der Waals surface area contributed by atoms with Crippen molar-refractivity contribution in [3.63, 3.8) is 0 Å². The summed E-state index contributed by atoms with van der Waals surface area (Å²) in [7, 11) is -2.14. The predicted molar refractivity (Wildman–Crippen MR) is 144 cm³/mol. The average Bonchev–Trinajstić information content (AvgIpc) is 3.15. The Morgan fingerprint density at radius 2 is 1.91 bits per heavy atom. The van der Waals surface area contributed by atoms with Crippen LogP contribution in [0.1, 0.15) is 85.3 Å². The number of carbonyl (C=O) groups is 1. The van der Waals surface area contributed by atoms with Crippen molar-refractivity contribution in [1.29, 1.82) is 5.41 Å². The Morgan fingerprint density at radius 1 is 1.20 bits per heavy atom. The third-order valence-corrected chi connectivity index (χ3v) is 12.1. The van der Waals surface area contributed by atoms with Crippen LogP contribution in [0, 0.1) is 11.3 Å². The van der Waals surface area contributed by atoms with Gasteiger partial charge in [0.2, 0.25) is 0 Å². The standard InChI is InChI=1S/C28H45N3O3Si/c1-27(2,3)33-26(32)31-23(18-20-11-13-22(29)14-12-20)15-16-24(31)25(21-10-9-17-30-19-21)34-35(7,8)28(4,5)6/h9-11,13,17,19-20,23-25,29H,12,14-16,18H2,1-8H3. The Balaban J connectivity index is 1.96. The third-order valence-electron chi connectivity index (χ3n) is 7.67. The van der Waals surface area contributed by atoms with Crippen molar-refractivity contribution in [1.82, 2.24) is 9.88 Å². The molecule has 2 heterocycles. The molecule has 1 aromatic heterocycles. The molecule has 1 amide bonds. The lowest BCUT2D eigenvalue weighted by Crippen LogP contribution is -2.50. The molecular formula is C28H45N3O3Si. The fourth-order valence-electron chi connectivity index (χ4n) is 4.77. The van der Waals surface area contributed by atoms with Crippen LogP contribution in [0.3, 0.4) is 0 Å². The summed E-state index contributed by atoms with van der Waals surface area (Å²) in [4.78, 5) is 20.0. The van der Waals surface area contributed by atoms with E-state index in [0.717, 1.165) is 37.7 Å². The molecule has 7 heteroatoms. The molecule has 1 N–H and O–H groups in total. The average molecular weight is 500 g/mol. The van der Waals surface area contributed by atoms with Gasteiger partial charge in [-0.1, -0.05) is 32.9 Å². The molecule has 194 valence electrons. The number of rotatable bonds is 6. The molecule has 3 rings (SSSR count). The second-order valence-electron chi connectivity index (χ2n) is 12.7. The fraction of sp³-hybridized carbons (Fsp3) is 0.679. The number of hydrogen-bond acceptors (Lipinski definition) is 5. The van der Waals surface area contributed by atoms with Gasteiger partial charge in [0, 0.05) is 24.1 Å². The first kappa shape index (κ1) is 27.6. The summed E-state index contributed by atoms with van der Waals surface area (Å²) in [6.45, 7) is 17.0. The fourth-order valence-corrected chi connectivity index (χ4v) is 6.05. The van der Waals surface area contributed by atoms with Crippen LogP contribution >= 0.6 is 0 Å². The van der Waals surface area contributed by atoms with Gasteiger partial charge in [-0.05, 0) is 94.6 Å². The van der Waals surface area contributed by atoms with Crippen LogP contribution in [0.2, 0.25) is 18.1 Å². The second kappa shape index (κ2) is 10.6. The van der Waals surface area contributed by atoms with Gasteiger partial charge >= 0.3 is 6.09 Å². The maximum absolute atomic E-state index is 13.7. The third kappa shape index (κ3) is 7.03. The van der Waals surface area contributed by atoms with E-state index in [9.17, 15) is 4.79 Å². The normalized spacial score (nSPS) is 24.5. The summed E-state index contributed by atoms with van der Waals surface area (Å²) in [6.07, 6.45) is 11.7. The molecular weight excluding hydrogens is 454 g/mol. The quantitative estimate of drug-likeness (QED) is 0.417. The van der Waals surface area contributed by atoms with Gasteiger partial charge in [0.15, 0.2) is 8.32 Å². The molecule has 0 bridgehead atoms. The monoisotopic (exact) mass is 499 g/mol.